The number of ether oxygens (including phenoxy) is 1. The average molecular weight is 372 g/mol. The lowest BCUT2D eigenvalue weighted by molar-refractivity contribution is 0.410. The van der Waals surface area contributed by atoms with Gasteiger partial charge in [0.1, 0.15) is 17.7 Å². The zero-order chi connectivity index (χ0) is 19.5. The molecule has 0 bridgehead atoms. The highest BCUT2D eigenvalue weighted by atomic mass is 16.5. The van der Waals surface area contributed by atoms with Crippen LogP contribution in [0.25, 0.3) is 5.70 Å². The highest BCUT2D eigenvalue weighted by Crippen LogP contribution is 2.33. The lowest BCUT2D eigenvalue weighted by Crippen LogP contribution is -2.39. The molecule has 0 aliphatic carbocycles. The number of rotatable bonds is 4. The van der Waals surface area contributed by atoms with Crippen molar-refractivity contribution in [1.82, 2.24) is 10.6 Å². The van der Waals surface area contributed by atoms with Crippen LogP contribution < -0.4 is 15.4 Å². The molecule has 3 N–H and O–H groups in total. The summed E-state index contributed by atoms with van der Waals surface area (Å²) in [5.74, 6) is 1.11. The van der Waals surface area contributed by atoms with Gasteiger partial charge in [-0.05, 0) is 42.3 Å². The van der Waals surface area contributed by atoms with E-state index >= 15 is 0 Å². The average Bonchev–Trinajstić information content (AvgIpc) is 2.74. The van der Waals surface area contributed by atoms with Crippen molar-refractivity contribution in [2.75, 3.05) is 7.11 Å². The van der Waals surface area contributed by atoms with Crippen LogP contribution in [0.5, 0.6) is 11.5 Å². The van der Waals surface area contributed by atoms with Gasteiger partial charge in [-0.3, -0.25) is 5.32 Å². The summed E-state index contributed by atoms with van der Waals surface area (Å²) >= 11 is 0. The molecule has 3 aromatic rings. The van der Waals surface area contributed by atoms with Crippen LogP contribution in [0.2, 0.25) is 0 Å². The van der Waals surface area contributed by atoms with Crippen molar-refractivity contribution in [2.24, 2.45) is 0 Å². The first-order valence-corrected chi connectivity index (χ1v) is 9.37. The molecule has 0 spiro atoms. The van der Waals surface area contributed by atoms with Gasteiger partial charge in [-0.1, -0.05) is 60.2 Å². The van der Waals surface area contributed by atoms with Crippen LogP contribution in [-0.4, -0.2) is 12.2 Å². The molecule has 0 saturated heterocycles. The monoisotopic (exact) mass is 372 g/mol. The normalized spacial score (nSPS) is 18.9. The van der Waals surface area contributed by atoms with E-state index in [9.17, 15) is 5.11 Å². The zero-order valence-electron chi connectivity index (χ0n) is 16.0. The Balaban J connectivity index is 1.73. The van der Waals surface area contributed by atoms with Crippen LogP contribution in [0.3, 0.4) is 0 Å². The predicted octanol–water partition coefficient (Wildman–Crippen LogP) is 4.68. The van der Waals surface area contributed by atoms with Gasteiger partial charge in [0.15, 0.2) is 0 Å². The minimum Gasteiger partial charge on any atom is -0.508 e. The molecule has 0 amide bonds. The number of hydrogen-bond acceptors (Lipinski definition) is 4. The number of hydrogen-bond donors (Lipinski definition) is 3. The van der Waals surface area contributed by atoms with Crippen molar-refractivity contribution < 1.29 is 9.84 Å². The molecule has 2 atom stereocenters. The van der Waals surface area contributed by atoms with Crippen molar-refractivity contribution >= 4 is 5.70 Å². The summed E-state index contributed by atoms with van der Waals surface area (Å²) in [4.78, 5) is 0. The number of aryl methyl sites for hydroxylation is 1. The number of phenolic OH excluding ortho intramolecular Hbond substituents is 1. The van der Waals surface area contributed by atoms with Gasteiger partial charge in [-0.15, -0.1) is 0 Å². The molecule has 0 fully saturated rings. The maximum Gasteiger partial charge on any atom is 0.120 e. The zero-order valence-corrected chi connectivity index (χ0v) is 16.0. The third kappa shape index (κ3) is 3.73. The van der Waals surface area contributed by atoms with Crippen LogP contribution in [0.1, 0.15) is 34.5 Å². The lowest BCUT2D eigenvalue weighted by Gasteiger charge is -2.33. The van der Waals surface area contributed by atoms with Crippen molar-refractivity contribution in [3.8, 4) is 11.5 Å². The number of methoxy groups -OCH3 is 1. The molecule has 4 nitrogen and oxygen atoms in total. The van der Waals surface area contributed by atoms with E-state index in [2.05, 4.69) is 47.9 Å². The Kier molecular flexibility index (Phi) is 5.04. The summed E-state index contributed by atoms with van der Waals surface area (Å²) in [6, 6.07) is 23.8. The van der Waals surface area contributed by atoms with Crippen LogP contribution in [0, 0.1) is 6.92 Å². The second kappa shape index (κ2) is 7.79. The molecule has 1 aliphatic heterocycles. The lowest BCUT2D eigenvalue weighted by atomic mass is 9.97. The highest BCUT2D eigenvalue weighted by Gasteiger charge is 2.25. The minimum atomic E-state index is -0.120. The Hall–Kier alpha value is -3.24. The van der Waals surface area contributed by atoms with Gasteiger partial charge in [-0.25, -0.2) is 0 Å². The Morgan fingerprint density at radius 2 is 1.61 bits per heavy atom. The predicted molar refractivity (Wildman–Crippen MR) is 112 cm³/mol. The van der Waals surface area contributed by atoms with Crippen molar-refractivity contribution in [3.63, 3.8) is 0 Å². The van der Waals surface area contributed by atoms with E-state index in [4.69, 9.17) is 4.74 Å². The van der Waals surface area contributed by atoms with E-state index < -0.39 is 0 Å². The Bertz CT molecular complexity index is 978. The molecule has 2 unspecified atom stereocenters. The topological polar surface area (TPSA) is 53.5 Å². The fourth-order valence-corrected chi connectivity index (χ4v) is 3.46. The van der Waals surface area contributed by atoms with E-state index in [1.807, 2.05) is 42.5 Å². The van der Waals surface area contributed by atoms with E-state index in [-0.39, 0.29) is 18.0 Å². The summed E-state index contributed by atoms with van der Waals surface area (Å²) in [7, 11) is 1.67. The fraction of sp³-hybridized carbons (Fsp3) is 0.167. The van der Waals surface area contributed by atoms with Gasteiger partial charge in [0.2, 0.25) is 0 Å². The maximum absolute atomic E-state index is 10.4. The number of aromatic hydroxyl groups is 1. The Morgan fingerprint density at radius 3 is 2.29 bits per heavy atom. The van der Waals surface area contributed by atoms with Crippen LogP contribution in [-0.2, 0) is 0 Å². The molecule has 3 aromatic carbocycles. The SMILES string of the molecule is COc1ccc(C2NC(c3ccc(C)cc3)=CC(c3ccccc3O)N2)cc1. The molecule has 28 heavy (non-hydrogen) atoms. The second-order valence-corrected chi connectivity index (χ2v) is 7.00. The van der Waals surface area contributed by atoms with Crippen LogP contribution >= 0.6 is 0 Å². The van der Waals surface area contributed by atoms with E-state index in [1.165, 1.54) is 5.56 Å². The quantitative estimate of drug-likeness (QED) is 0.622. The molecule has 142 valence electrons. The molecule has 0 saturated carbocycles. The second-order valence-electron chi connectivity index (χ2n) is 7.00. The molecular formula is C24H24N2O2. The van der Waals surface area contributed by atoms with Gasteiger partial charge in [0, 0.05) is 11.3 Å². The Labute approximate surface area is 165 Å². The molecule has 0 radical (unpaired) electrons. The molecule has 1 aliphatic rings. The number of para-hydroxylation sites is 1. The Morgan fingerprint density at radius 1 is 0.893 bits per heavy atom. The number of phenols is 1. The summed E-state index contributed by atoms with van der Waals surface area (Å²) < 4.78 is 5.28. The van der Waals surface area contributed by atoms with Gasteiger partial charge >= 0.3 is 0 Å². The first-order chi connectivity index (χ1) is 13.6. The fourth-order valence-electron chi connectivity index (χ4n) is 3.46. The standard InChI is InChI=1S/C24H24N2O2/c1-16-7-9-17(10-8-16)21-15-22(20-5-3-4-6-23(20)27)26-24(25-21)18-11-13-19(28-2)14-12-18/h3-15,22,24-27H,1-2H3. The van der Waals surface area contributed by atoms with E-state index in [0.717, 1.165) is 28.1 Å². The smallest absolute Gasteiger partial charge is 0.120 e. The first kappa shape index (κ1) is 18.1. The largest absolute Gasteiger partial charge is 0.508 e. The van der Waals surface area contributed by atoms with Gasteiger partial charge in [-0.2, -0.15) is 0 Å². The van der Waals surface area contributed by atoms with Crippen LogP contribution in [0.15, 0.2) is 78.9 Å². The van der Waals surface area contributed by atoms with Gasteiger partial charge < -0.3 is 15.2 Å². The van der Waals surface area contributed by atoms with Gasteiger partial charge in [0.25, 0.3) is 0 Å². The van der Waals surface area contributed by atoms with Crippen molar-refractivity contribution in [2.45, 2.75) is 19.1 Å². The third-order valence-corrected chi connectivity index (χ3v) is 5.06. The van der Waals surface area contributed by atoms with Gasteiger partial charge in [0.05, 0.1) is 13.2 Å². The number of nitrogens with one attached hydrogen (secondary N) is 2. The summed E-state index contributed by atoms with van der Waals surface area (Å²) in [6.07, 6.45) is 2.02. The molecule has 4 heteroatoms. The molecular weight excluding hydrogens is 348 g/mol. The maximum atomic E-state index is 10.4. The van der Waals surface area contributed by atoms with E-state index in [0.29, 0.717) is 0 Å². The van der Waals surface area contributed by atoms with Crippen molar-refractivity contribution in [3.05, 3.63) is 101 Å². The van der Waals surface area contributed by atoms with E-state index in [1.54, 1.807) is 13.2 Å². The summed E-state index contributed by atoms with van der Waals surface area (Å²) in [5.41, 5.74) is 5.33. The number of benzene rings is 3. The molecule has 1 heterocycles. The molecule has 4 rings (SSSR count). The summed E-state index contributed by atoms with van der Waals surface area (Å²) in [5, 5.41) is 17.6. The van der Waals surface area contributed by atoms with Crippen LogP contribution in [0.4, 0.5) is 0 Å². The summed E-state index contributed by atoms with van der Waals surface area (Å²) in [6.45, 7) is 2.08. The third-order valence-electron chi connectivity index (χ3n) is 5.06. The minimum absolute atomic E-state index is 0.100. The van der Waals surface area contributed by atoms with Crippen molar-refractivity contribution in [1.29, 1.82) is 0 Å². The molecule has 0 aromatic heterocycles. The first-order valence-electron chi connectivity index (χ1n) is 9.37. The highest BCUT2D eigenvalue weighted by molar-refractivity contribution is 5.67.